The summed E-state index contributed by atoms with van der Waals surface area (Å²) in [5.41, 5.74) is 2.08. The van der Waals surface area contributed by atoms with Crippen molar-refractivity contribution >= 4 is 5.97 Å². The lowest BCUT2D eigenvalue weighted by Crippen LogP contribution is -2.24. The second-order valence-corrected chi connectivity index (χ2v) is 7.83. The van der Waals surface area contributed by atoms with Crippen LogP contribution >= 0.6 is 0 Å². The molecule has 2 aromatic rings. The van der Waals surface area contributed by atoms with E-state index >= 15 is 0 Å². The van der Waals surface area contributed by atoms with Crippen LogP contribution in [0, 0.1) is 5.41 Å². The Morgan fingerprint density at radius 1 is 0.852 bits per heavy atom. The van der Waals surface area contributed by atoms with E-state index in [2.05, 4.69) is 42.5 Å². The molecule has 0 saturated heterocycles. The molecule has 27 heavy (non-hydrogen) atoms. The van der Waals surface area contributed by atoms with Gasteiger partial charge in [0.25, 0.3) is 0 Å². The minimum Gasteiger partial charge on any atom is -0.494 e. The normalized spacial score (nSPS) is 11.3. The summed E-state index contributed by atoms with van der Waals surface area (Å²) < 4.78 is 5.74. The third kappa shape index (κ3) is 7.86. The van der Waals surface area contributed by atoms with Crippen molar-refractivity contribution in [2.24, 2.45) is 5.41 Å². The van der Waals surface area contributed by atoms with Gasteiger partial charge in [-0.2, -0.15) is 0 Å². The Balaban J connectivity index is 1.60. The first-order chi connectivity index (χ1) is 13.0. The van der Waals surface area contributed by atoms with Crippen LogP contribution in [0.2, 0.25) is 0 Å². The van der Waals surface area contributed by atoms with Gasteiger partial charge in [0.05, 0.1) is 12.0 Å². The van der Waals surface area contributed by atoms with Crippen LogP contribution in [0.1, 0.15) is 57.1 Å². The van der Waals surface area contributed by atoms with Gasteiger partial charge >= 0.3 is 5.97 Å². The fourth-order valence-corrected chi connectivity index (χ4v) is 3.04. The number of rotatable bonds is 12. The number of carboxylic acids is 1. The van der Waals surface area contributed by atoms with Crippen LogP contribution < -0.4 is 4.74 Å². The first kappa shape index (κ1) is 21.0. The maximum atomic E-state index is 11.1. The van der Waals surface area contributed by atoms with E-state index in [-0.39, 0.29) is 0 Å². The summed E-state index contributed by atoms with van der Waals surface area (Å²) in [6, 6.07) is 19.0. The number of aliphatic carboxylic acids is 1. The zero-order valence-electron chi connectivity index (χ0n) is 16.6. The van der Waals surface area contributed by atoms with E-state index in [1.807, 2.05) is 12.1 Å². The van der Waals surface area contributed by atoms with Gasteiger partial charge < -0.3 is 9.84 Å². The van der Waals surface area contributed by atoms with Crippen molar-refractivity contribution in [2.45, 2.75) is 58.8 Å². The Labute approximate surface area is 163 Å². The first-order valence-electron chi connectivity index (χ1n) is 9.96. The smallest absolute Gasteiger partial charge is 0.309 e. The molecule has 0 unspecified atom stereocenters. The summed E-state index contributed by atoms with van der Waals surface area (Å²) in [7, 11) is 0. The van der Waals surface area contributed by atoms with Crippen molar-refractivity contribution < 1.29 is 14.6 Å². The highest BCUT2D eigenvalue weighted by Crippen LogP contribution is 2.23. The van der Waals surface area contributed by atoms with Gasteiger partial charge in [-0.05, 0) is 75.6 Å². The van der Waals surface area contributed by atoms with Crippen LogP contribution in [0.25, 0.3) is 0 Å². The Bertz CT molecular complexity index is 675. The molecule has 0 heterocycles. The molecule has 0 radical (unpaired) electrons. The van der Waals surface area contributed by atoms with Crippen molar-refractivity contribution in [1.82, 2.24) is 0 Å². The number of benzene rings is 2. The predicted octanol–water partition coefficient (Wildman–Crippen LogP) is 5.91. The predicted molar refractivity (Wildman–Crippen MR) is 110 cm³/mol. The van der Waals surface area contributed by atoms with Gasteiger partial charge in [0.1, 0.15) is 5.75 Å². The lowest BCUT2D eigenvalue weighted by Gasteiger charge is -2.18. The number of aryl methyl sites for hydroxylation is 2. The molecule has 146 valence electrons. The van der Waals surface area contributed by atoms with Crippen LogP contribution in [0.15, 0.2) is 54.6 Å². The number of carbonyl (C=O) groups is 1. The fraction of sp³-hybridized carbons (Fsp3) is 0.458. The topological polar surface area (TPSA) is 46.5 Å². The molecular formula is C24H32O3. The number of hydrogen-bond acceptors (Lipinski definition) is 2. The molecule has 0 saturated carbocycles. The molecule has 0 aliphatic heterocycles. The summed E-state index contributed by atoms with van der Waals surface area (Å²) >= 11 is 0. The van der Waals surface area contributed by atoms with Crippen LogP contribution in [0.5, 0.6) is 5.75 Å². The Morgan fingerprint density at radius 3 is 2.04 bits per heavy atom. The van der Waals surface area contributed by atoms with E-state index in [0.29, 0.717) is 13.0 Å². The molecule has 0 spiro atoms. The lowest BCUT2D eigenvalue weighted by atomic mass is 9.88. The van der Waals surface area contributed by atoms with E-state index in [1.165, 1.54) is 30.4 Å². The van der Waals surface area contributed by atoms with E-state index in [4.69, 9.17) is 9.84 Å². The molecule has 0 fully saturated rings. The van der Waals surface area contributed by atoms with E-state index in [0.717, 1.165) is 25.0 Å². The van der Waals surface area contributed by atoms with Crippen LogP contribution in [0.4, 0.5) is 0 Å². The second-order valence-electron chi connectivity index (χ2n) is 7.83. The number of hydrogen-bond donors (Lipinski definition) is 1. The standard InChI is InChI=1S/C24H32O3/c1-24(2,23(25)26)18-9-19-27-22-16-14-21(15-17-22)13-8-4-7-12-20-10-5-3-6-11-20/h3,5-6,10-11,14-17H,4,7-9,12-13,18-19H2,1-2H3,(H,25,26). The second kappa shape index (κ2) is 10.8. The molecule has 3 nitrogen and oxygen atoms in total. The molecule has 0 aliphatic rings. The molecule has 0 atom stereocenters. The van der Waals surface area contributed by atoms with E-state index in [9.17, 15) is 4.79 Å². The monoisotopic (exact) mass is 368 g/mol. The molecular weight excluding hydrogens is 336 g/mol. The highest BCUT2D eigenvalue weighted by molar-refractivity contribution is 5.73. The van der Waals surface area contributed by atoms with Crippen molar-refractivity contribution in [3.05, 3.63) is 65.7 Å². The third-order valence-corrected chi connectivity index (χ3v) is 4.99. The molecule has 0 bridgehead atoms. The Hall–Kier alpha value is -2.29. The Kier molecular flexibility index (Phi) is 8.38. The molecule has 3 heteroatoms. The Morgan fingerprint density at radius 2 is 1.44 bits per heavy atom. The van der Waals surface area contributed by atoms with E-state index in [1.54, 1.807) is 13.8 Å². The highest BCUT2D eigenvalue weighted by Gasteiger charge is 2.26. The van der Waals surface area contributed by atoms with Crippen molar-refractivity contribution in [3.63, 3.8) is 0 Å². The minimum atomic E-state index is -0.754. The maximum absolute atomic E-state index is 11.1. The summed E-state index contributed by atoms with van der Waals surface area (Å²) in [5, 5.41) is 9.11. The van der Waals surface area contributed by atoms with Gasteiger partial charge in [0.15, 0.2) is 0 Å². The molecule has 0 amide bonds. The molecule has 2 aromatic carbocycles. The van der Waals surface area contributed by atoms with Gasteiger partial charge in [-0.3, -0.25) is 4.79 Å². The fourth-order valence-electron chi connectivity index (χ4n) is 3.04. The zero-order chi connectivity index (χ0) is 19.5. The maximum Gasteiger partial charge on any atom is 0.309 e. The van der Waals surface area contributed by atoms with Gasteiger partial charge in [-0.15, -0.1) is 0 Å². The molecule has 0 aromatic heterocycles. The number of unbranched alkanes of at least 4 members (excludes halogenated alkanes) is 2. The average Bonchev–Trinajstić information content (AvgIpc) is 2.67. The molecule has 0 aliphatic carbocycles. The van der Waals surface area contributed by atoms with Crippen molar-refractivity contribution in [2.75, 3.05) is 6.61 Å². The van der Waals surface area contributed by atoms with Crippen LogP contribution in [-0.4, -0.2) is 17.7 Å². The SMILES string of the molecule is CC(C)(CCCOc1ccc(CCCCCc2ccccc2)cc1)C(=O)O. The van der Waals surface area contributed by atoms with Crippen molar-refractivity contribution in [1.29, 1.82) is 0 Å². The van der Waals surface area contributed by atoms with E-state index < -0.39 is 11.4 Å². The number of ether oxygens (including phenoxy) is 1. The summed E-state index contributed by atoms with van der Waals surface area (Å²) in [4.78, 5) is 11.1. The average molecular weight is 369 g/mol. The zero-order valence-corrected chi connectivity index (χ0v) is 16.6. The van der Waals surface area contributed by atoms with Gasteiger partial charge in [0.2, 0.25) is 0 Å². The van der Waals surface area contributed by atoms with Crippen LogP contribution in [0.3, 0.4) is 0 Å². The van der Waals surface area contributed by atoms with Gasteiger partial charge in [-0.25, -0.2) is 0 Å². The lowest BCUT2D eigenvalue weighted by molar-refractivity contribution is -0.147. The van der Waals surface area contributed by atoms with Crippen LogP contribution in [-0.2, 0) is 17.6 Å². The van der Waals surface area contributed by atoms with Gasteiger partial charge in [0, 0.05) is 0 Å². The summed E-state index contributed by atoms with van der Waals surface area (Å²) in [6.45, 7) is 4.06. The molecule has 1 N–H and O–H groups in total. The number of carboxylic acid groups (broad SMARTS) is 1. The minimum absolute atomic E-state index is 0.551. The third-order valence-electron chi connectivity index (χ3n) is 4.99. The first-order valence-corrected chi connectivity index (χ1v) is 9.96. The highest BCUT2D eigenvalue weighted by atomic mass is 16.5. The van der Waals surface area contributed by atoms with Gasteiger partial charge in [-0.1, -0.05) is 48.9 Å². The summed E-state index contributed by atoms with van der Waals surface area (Å²) in [6.07, 6.45) is 7.29. The molecule has 2 rings (SSSR count). The van der Waals surface area contributed by atoms with Crippen molar-refractivity contribution in [3.8, 4) is 5.75 Å². The summed E-state index contributed by atoms with van der Waals surface area (Å²) in [5.74, 6) is 0.103. The largest absolute Gasteiger partial charge is 0.494 e. The quantitative estimate of drug-likeness (QED) is 0.474.